The summed E-state index contributed by atoms with van der Waals surface area (Å²) >= 11 is 0. The van der Waals surface area contributed by atoms with Crippen LogP contribution < -0.4 is 0 Å². The van der Waals surface area contributed by atoms with Crippen LogP contribution in [0.25, 0.3) is 0 Å². The predicted molar refractivity (Wildman–Crippen MR) is 64.9 cm³/mol. The molecule has 0 spiro atoms. The molecule has 0 aromatic carbocycles. The molecule has 0 atom stereocenters. The molecule has 1 N–H and O–H groups in total. The molecule has 6 nitrogen and oxygen atoms in total. The van der Waals surface area contributed by atoms with Gasteiger partial charge >= 0.3 is 5.97 Å². The van der Waals surface area contributed by atoms with Crippen molar-refractivity contribution in [2.24, 2.45) is 5.41 Å². The summed E-state index contributed by atoms with van der Waals surface area (Å²) in [6, 6.07) is 0. The second kappa shape index (κ2) is 5.37. The van der Waals surface area contributed by atoms with Crippen molar-refractivity contribution in [2.75, 3.05) is 26.7 Å². The zero-order chi connectivity index (χ0) is 13.9. The third-order valence-corrected chi connectivity index (χ3v) is 3.20. The van der Waals surface area contributed by atoms with Gasteiger partial charge in [-0.25, -0.2) is 0 Å². The average Bonchev–Trinajstić information content (AvgIpc) is 2.41. The fraction of sp³-hybridized carbons (Fsp3) is 0.750. The number of carboxylic acids is 1. The number of carbonyl (C=O) groups is 3. The third kappa shape index (κ3) is 3.45. The number of nitrogens with zero attached hydrogens (tertiary/aromatic N) is 2. The van der Waals surface area contributed by atoms with E-state index in [1.165, 1.54) is 18.7 Å². The van der Waals surface area contributed by atoms with Crippen LogP contribution in [0.4, 0.5) is 0 Å². The van der Waals surface area contributed by atoms with E-state index in [1.807, 2.05) is 0 Å². The highest BCUT2D eigenvalue weighted by Crippen LogP contribution is 2.22. The van der Waals surface area contributed by atoms with E-state index < -0.39 is 11.4 Å². The van der Waals surface area contributed by atoms with Crippen LogP contribution in [0.3, 0.4) is 0 Å². The van der Waals surface area contributed by atoms with Crippen LogP contribution in [0.15, 0.2) is 0 Å². The van der Waals surface area contributed by atoms with Gasteiger partial charge in [-0.3, -0.25) is 14.4 Å². The van der Waals surface area contributed by atoms with Gasteiger partial charge in [0.05, 0.1) is 12.0 Å². The second-order valence-electron chi connectivity index (χ2n) is 5.35. The molecule has 1 saturated heterocycles. The SMILES string of the molecule is CN1CCCN(C(=O)CC(C)(C)C(=O)O)CC1=O. The van der Waals surface area contributed by atoms with Gasteiger partial charge < -0.3 is 14.9 Å². The molecule has 0 aliphatic carbocycles. The van der Waals surface area contributed by atoms with E-state index in [0.717, 1.165) is 6.42 Å². The van der Waals surface area contributed by atoms with Crippen molar-refractivity contribution in [1.29, 1.82) is 0 Å². The maximum Gasteiger partial charge on any atom is 0.309 e. The predicted octanol–water partition coefficient (Wildman–Crippen LogP) is 0.178. The normalized spacial score (nSPS) is 17.6. The van der Waals surface area contributed by atoms with Crippen LogP contribution in [-0.4, -0.2) is 59.4 Å². The van der Waals surface area contributed by atoms with Crippen molar-refractivity contribution in [3.05, 3.63) is 0 Å². The summed E-state index contributed by atoms with van der Waals surface area (Å²) in [6.45, 7) is 4.21. The van der Waals surface area contributed by atoms with Crippen LogP contribution in [0.1, 0.15) is 26.7 Å². The summed E-state index contributed by atoms with van der Waals surface area (Å²) in [5.74, 6) is -1.38. The lowest BCUT2D eigenvalue weighted by Crippen LogP contribution is -2.40. The van der Waals surface area contributed by atoms with Gasteiger partial charge in [-0.05, 0) is 20.3 Å². The Morgan fingerprint density at radius 3 is 2.50 bits per heavy atom. The van der Waals surface area contributed by atoms with Crippen LogP contribution in [0, 0.1) is 5.41 Å². The highest BCUT2D eigenvalue weighted by molar-refractivity contribution is 5.88. The number of aliphatic carboxylic acids is 1. The van der Waals surface area contributed by atoms with Gasteiger partial charge in [-0.1, -0.05) is 0 Å². The molecular weight excluding hydrogens is 236 g/mol. The van der Waals surface area contributed by atoms with Gasteiger partial charge in [0.25, 0.3) is 0 Å². The standard InChI is InChI=1S/C12H20N2O4/c1-12(2,11(17)18)7-9(15)14-6-4-5-13(3)10(16)8-14/h4-8H2,1-3H3,(H,17,18). The maximum absolute atomic E-state index is 12.0. The first-order valence-corrected chi connectivity index (χ1v) is 5.99. The summed E-state index contributed by atoms with van der Waals surface area (Å²) in [4.78, 5) is 37.7. The van der Waals surface area contributed by atoms with E-state index in [0.29, 0.717) is 13.1 Å². The molecule has 6 heteroatoms. The van der Waals surface area contributed by atoms with Crippen LogP contribution >= 0.6 is 0 Å². The minimum Gasteiger partial charge on any atom is -0.481 e. The van der Waals surface area contributed by atoms with Crippen molar-refractivity contribution in [3.63, 3.8) is 0 Å². The molecule has 1 heterocycles. The molecular formula is C12H20N2O4. The average molecular weight is 256 g/mol. The molecule has 1 aliphatic heterocycles. The minimum atomic E-state index is -1.10. The molecule has 1 aliphatic rings. The Labute approximate surface area is 107 Å². The summed E-state index contributed by atoms with van der Waals surface area (Å²) in [6.07, 6.45) is 0.640. The van der Waals surface area contributed by atoms with E-state index in [4.69, 9.17) is 5.11 Å². The first kappa shape index (κ1) is 14.5. The molecule has 0 saturated carbocycles. The number of carboxylic acid groups (broad SMARTS) is 1. The van der Waals surface area contributed by atoms with Crippen molar-refractivity contribution in [1.82, 2.24) is 9.80 Å². The van der Waals surface area contributed by atoms with Crippen molar-refractivity contribution < 1.29 is 19.5 Å². The number of rotatable bonds is 3. The quantitative estimate of drug-likeness (QED) is 0.781. The van der Waals surface area contributed by atoms with Crippen molar-refractivity contribution in [3.8, 4) is 0 Å². The van der Waals surface area contributed by atoms with Crippen LogP contribution in [0.2, 0.25) is 0 Å². The zero-order valence-corrected chi connectivity index (χ0v) is 11.1. The second-order valence-corrected chi connectivity index (χ2v) is 5.35. The fourth-order valence-corrected chi connectivity index (χ4v) is 1.76. The topological polar surface area (TPSA) is 77.9 Å². The molecule has 0 bridgehead atoms. The monoisotopic (exact) mass is 256 g/mol. The highest BCUT2D eigenvalue weighted by atomic mass is 16.4. The Balaban J connectivity index is 2.67. The Bertz CT molecular complexity index is 365. The van der Waals surface area contributed by atoms with E-state index in [9.17, 15) is 14.4 Å². The first-order valence-electron chi connectivity index (χ1n) is 5.99. The van der Waals surface area contributed by atoms with Crippen molar-refractivity contribution >= 4 is 17.8 Å². The molecule has 0 aromatic heterocycles. The van der Waals surface area contributed by atoms with Crippen LogP contribution in [0.5, 0.6) is 0 Å². The van der Waals surface area contributed by atoms with E-state index >= 15 is 0 Å². The molecule has 1 rings (SSSR count). The van der Waals surface area contributed by atoms with Gasteiger partial charge in [-0.15, -0.1) is 0 Å². The summed E-state index contributed by atoms with van der Waals surface area (Å²) < 4.78 is 0. The number of amides is 2. The Kier molecular flexibility index (Phi) is 4.32. The van der Waals surface area contributed by atoms with E-state index in [1.54, 1.807) is 11.9 Å². The Morgan fingerprint density at radius 2 is 1.94 bits per heavy atom. The van der Waals surface area contributed by atoms with Gasteiger partial charge in [0.1, 0.15) is 0 Å². The molecule has 0 unspecified atom stereocenters. The molecule has 0 aromatic rings. The number of hydrogen-bond acceptors (Lipinski definition) is 3. The zero-order valence-electron chi connectivity index (χ0n) is 11.1. The highest BCUT2D eigenvalue weighted by Gasteiger charge is 2.33. The minimum absolute atomic E-state index is 0.0467. The van der Waals surface area contributed by atoms with E-state index in [-0.39, 0.29) is 24.8 Å². The Hall–Kier alpha value is -1.59. The smallest absolute Gasteiger partial charge is 0.309 e. The largest absolute Gasteiger partial charge is 0.481 e. The fourth-order valence-electron chi connectivity index (χ4n) is 1.76. The first-order chi connectivity index (χ1) is 8.24. The molecule has 18 heavy (non-hydrogen) atoms. The van der Waals surface area contributed by atoms with Crippen LogP contribution in [-0.2, 0) is 14.4 Å². The molecule has 0 radical (unpaired) electrons. The summed E-state index contributed by atoms with van der Waals surface area (Å²) in [7, 11) is 1.71. The number of carbonyl (C=O) groups excluding carboxylic acids is 2. The van der Waals surface area contributed by atoms with Gasteiger partial charge in [-0.2, -0.15) is 0 Å². The summed E-state index contributed by atoms with van der Waals surface area (Å²) in [5.41, 5.74) is -1.10. The van der Waals surface area contributed by atoms with Crippen molar-refractivity contribution in [2.45, 2.75) is 26.7 Å². The lowest BCUT2D eigenvalue weighted by molar-refractivity contribution is -0.151. The van der Waals surface area contributed by atoms with Gasteiger partial charge in [0.15, 0.2) is 0 Å². The maximum atomic E-state index is 12.0. The molecule has 2 amide bonds. The van der Waals surface area contributed by atoms with E-state index in [2.05, 4.69) is 0 Å². The lowest BCUT2D eigenvalue weighted by Gasteiger charge is -2.24. The summed E-state index contributed by atoms with van der Waals surface area (Å²) in [5, 5.41) is 8.99. The van der Waals surface area contributed by atoms with Gasteiger partial charge in [0.2, 0.25) is 11.8 Å². The van der Waals surface area contributed by atoms with Gasteiger partial charge in [0, 0.05) is 26.6 Å². The lowest BCUT2D eigenvalue weighted by atomic mass is 9.89. The number of hydrogen-bond donors (Lipinski definition) is 1. The molecule has 102 valence electrons. The Morgan fingerprint density at radius 1 is 1.33 bits per heavy atom. The molecule has 1 fully saturated rings. The number of likely N-dealkylation sites (N-methyl/N-ethyl adjacent to an activating group) is 1. The third-order valence-electron chi connectivity index (χ3n) is 3.20.